The first-order valence-electron chi connectivity index (χ1n) is 9.65. The zero-order chi connectivity index (χ0) is 20.0. The minimum absolute atomic E-state index is 0.0109. The normalized spacial score (nSPS) is 23.0. The zero-order valence-corrected chi connectivity index (χ0v) is 15.7. The maximum absolute atomic E-state index is 15.4. The highest BCUT2D eigenvalue weighted by molar-refractivity contribution is 6.01. The van der Waals surface area contributed by atoms with Crippen LogP contribution in [0.15, 0.2) is 11.0 Å². The molecule has 28 heavy (non-hydrogen) atoms. The number of benzene rings is 1. The lowest BCUT2D eigenvalue weighted by Gasteiger charge is -2.25. The van der Waals surface area contributed by atoms with Crippen molar-refractivity contribution in [3.63, 3.8) is 0 Å². The van der Waals surface area contributed by atoms with Crippen molar-refractivity contribution in [2.24, 2.45) is 11.1 Å². The van der Waals surface area contributed by atoms with E-state index >= 15 is 4.39 Å². The Kier molecular flexibility index (Phi) is 3.42. The summed E-state index contributed by atoms with van der Waals surface area (Å²) in [6.45, 7) is 3.00. The summed E-state index contributed by atoms with van der Waals surface area (Å²) in [5.41, 5.74) is 12.6. The molecule has 8 heteroatoms. The molecule has 5 rings (SSSR count). The third-order valence-electron chi connectivity index (χ3n) is 6.75. The molecule has 2 saturated carbocycles. The fraction of sp³-hybridized carbons (Fsp3) is 0.500. The standard InChI is InChI=1S/C20H23FN4O3/c1-9-16-13(18(26)11(19(27)28)6-25(16)10-2-3-10)15(23)14(21)17(9)24-7-12(22)20(8-24)4-5-20/h6,10,12H,2-5,7-8,22-23H2,1H3,(H,27,28). The van der Waals surface area contributed by atoms with Crippen LogP contribution in [0.2, 0.25) is 0 Å². The smallest absolute Gasteiger partial charge is 0.341 e. The van der Waals surface area contributed by atoms with Gasteiger partial charge in [0.15, 0.2) is 5.82 Å². The van der Waals surface area contributed by atoms with Crippen LogP contribution in [-0.2, 0) is 0 Å². The monoisotopic (exact) mass is 386 g/mol. The summed E-state index contributed by atoms with van der Waals surface area (Å²) in [6, 6.07) is 0.0939. The number of aromatic nitrogens is 1. The van der Waals surface area contributed by atoms with E-state index in [9.17, 15) is 14.7 Å². The van der Waals surface area contributed by atoms with E-state index in [1.807, 2.05) is 4.90 Å². The number of pyridine rings is 1. The average Bonchev–Trinajstić information content (AvgIpc) is 3.53. The van der Waals surface area contributed by atoms with E-state index in [-0.39, 0.29) is 34.1 Å². The van der Waals surface area contributed by atoms with Gasteiger partial charge >= 0.3 is 5.97 Å². The number of nitrogens with zero attached hydrogens (tertiary/aromatic N) is 2. The van der Waals surface area contributed by atoms with Gasteiger partial charge in [-0.2, -0.15) is 0 Å². The van der Waals surface area contributed by atoms with Crippen molar-refractivity contribution < 1.29 is 14.3 Å². The Morgan fingerprint density at radius 2 is 2.04 bits per heavy atom. The number of hydrogen-bond donors (Lipinski definition) is 3. The van der Waals surface area contributed by atoms with Crippen molar-refractivity contribution in [1.29, 1.82) is 0 Å². The maximum atomic E-state index is 15.4. The topological polar surface area (TPSA) is 115 Å². The van der Waals surface area contributed by atoms with Crippen LogP contribution in [0.3, 0.4) is 0 Å². The molecule has 1 aliphatic heterocycles. The molecular formula is C20H23FN4O3. The Morgan fingerprint density at radius 1 is 1.36 bits per heavy atom. The van der Waals surface area contributed by atoms with Crippen molar-refractivity contribution in [3.05, 3.63) is 33.4 Å². The molecule has 3 fully saturated rings. The lowest BCUT2D eigenvalue weighted by atomic mass is 10.0. The third kappa shape index (κ3) is 2.24. The van der Waals surface area contributed by atoms with E-state index < -0.39 is 17.2 Å². The van der Waals surface area contributed by atoms with Crippen LogP contribution in [0.25, 0.3) is 10.9 Å². The van der Waals surface area contributed by atoms with Crippen LogP contribution in [0.5, 0.6) is 0 Å². The average molecular weight is 386 g/mol. The molecule has 1 unspecified atom stereocenters. The quantitative estimate of drug-likeness (QED) is 0.695. The van der Waals surface area contributed by atoms with Crippen LogP contribution in [0.4, 0.5) is 15.8 Å². The Morgan fingerprint density at radius 3 is 2.57 bits per heavy atom. The summed E-state index contributed by atoms with van der Waals surface area (Å²) in [5.74, 6) is -1.99. The van der Waals surface area contributed by atoms with E-state index in [1.54, 1.807) is 11.5 Å². The number of carboxylic acid groups (broad SMARTS) is 1. The van der Waals surface area contributed by atoms with E-state index in [1.165, 1.54) is 6.20 Å². The molecule has 0 bridgehead atoms. The van der Waals surface area contributed by atoms with E-state index in [0.29, 0.717) is 29.9 Å². The van der Waals surface area contributed by atoms with Gasteiger partial charge in [0.25, 0.3) is 0 Å². The number of aromatic carboxylic acids is 1. The van der Waals surface area contributed by atoms with Gasteiger partial charge in [-0.05, 0) is 38.2 Å². The predicted octanol–water partition coefficient (Wildman–Crippen LogP) is 1.99. The Bertz CT molecular complexity index is 1100. The summed E-state index contributed by atoms with van der Waals surface area (Å²) < 4.78 is 17.2. The van der Waals surface area contributed by atoms with Gasteiger partial charge in [0, 0.05) is 36.8 Å². The molecule has 0 amide bonds. The largest absolute Gasteiger partial charge is 0.477 e. The lowest BCUT2D eigenvalue weighted by Crippen LogP contribution is -2.31. The number of fused-ring (bicyclic) bond motifs is 1. The van der Waals surface area contributed by atoms with E-state index in [4.69, 9.17) is 11.5 Å². The zero-order valence-electron chi connectivity index (χ0n) is 15.7. The highest BCUT2D eigenvalue weighted by Gasteiger charge is 2.54. The Balaban J connectivity index is 1.81. The number of rotatable bonds is 3. The molecule has 2 heterocycles. The first-order valence-corrected chi connectivity index (χ1v) is 9.65. The second-order valence-corrected chi connectivity index (χ2v) is 8.59. The molecule has 1 spiro atoms. The van der Waals surface area contributed by atoms with Gasteiger partial charge in [0.1, 0.15) is 5.56 Å². The number of halogens is 1. The van der Waals surface area contributed by atoms with Crippen molar-refractivity contribution in [2.45, 2.75) is 44.7 Å². The van der Waals surface area contributed by atoms with E-state index in [2.05, 4.69) is 0 Å². The second kappa shape index (κ2) is 5.47. The maximum Gasteiger partial charge on any atom is 0.341 e. The first kappa shape index (κ1) is 17.5. The predicted molar refractivity (Wildman–Crippen MR) is 104 cm³/mol. The van der Waals surface area contributed by atoms with Crippen molar-refractivity contribution in [2.75, 3.05) is 23.7 Å². The van der Waals surface area contributed by atoms with Gasteiger partial charge in [0.2, 0.25) is 5.43 Å². The highest BCUT2D eigenvalue weighted by Crippen LogP contribution is 2.54. The molecule has 1 aromatic heterocycles. The second-order valence-electron chi connectivity index (χ2n) is 8.59. The molecule has 1 aromatic carbocycles. The summed E-state index contributed by atoms with van der Waals surface area (Å²) in [6.07, 6.45) is 5.25. The van der Waals surface area contributed by atoms with Gasteiger partial charge in [-0.25, -0.2) is 9.18 Å². The number of nitrogen functional groups attached to an aromatic ring is 1. The Labute approximate surface area is 160 Å². The van der Waals surface area contributed by atoms with Crippen molar-refractivity contribution >= 4 is 28.2 Å². The van der Waals surface area contributed by atoms with Crippen LogP contribution < -0.4 is 21.8 Å². The third-order valence-corrected chi connectivity index (χ3v) is 6.75. The fourth-order valence-corrected chi connectivity index (χ4v) is 4.80. The van der Waals surface area contributed by atoms with Crippen LogP contribution in [0.1, 0.15) is 47.6 Å². The highest BCUT2D eigenvalue weighted by atomic mass is 19.1. The molecule has 1 atom stereocenters. The molecule has 148 valence electrons. The number of carboxylic acids is 1. The molecule has 2 aliphatic carbocycles. The summed E-state index contributed by atoms with van der Waals surface area (Å²) in [7, 11) is 0. The summed E-state index contributed by atoms with van der Waals surface area (Å²) in [5, 5.41) is 9.40. The molecule has 2 aromatic rings. The van der Waals surface area contributed by atoms with Gasteiger partial charge in [-0.3, -0.25) is 4.79 Å². The summed E-state index contributed by atoms with van der Waals surface area (Å²) >= 11 is 0. The van der Waals surface area contributed by atoms with Gasteiger partial charge in [-0.1, -0.05) is 0 Å². The summed E-state index contributed by atoms with van der Waals surface area (Å²) in [4.78, 5) is 26.3. The number of carbonyl (C=O) groups is 1. The van der Waals surface area contributed by atoms with Crippen molar-refractivity contribution in [1.82, 2.24) is 4.57 Å². The Hall–Kier alpha value is -2.61. The molecule has 0 radical (unpaired) electrons. The van der Waals surface area contributed by atoms with Gasteiger partial charge in [-0.15, -0.1) is 0 Å². The number of nitrogens with two attached hydrogens (primary N) is 2. The minimum Gasteiger partial charge on any atom is -0.477 e. The molecule has 1 saturated heterocycles. The molecular weight excluding hydrogens is 363 g/mol. The van der Waals surface area contributed by atoms with Crippen LogP contribution >= 0.6 is 0 Å². The number of anilines is 2. The first-order chi connectivity index (χ1) is 13.2. The van der Waals surface area contributed by atoms with Gasteiger partial charge in [0.05, 0.1) is 22.3 Å². The van der Waals surface area contributed by atoms with Crippen LogP contribution in [-0.4, -0.2) is 34.8 Å². The lowest BCUT2D eigenvalue weighted by molar-refractivity contribution is 0.0695. The van der Waals surface area contributed by atoms with E-state index in [0.717, 1.165) is 25.7 Å². The fourth-order valence-electron chi connectivity index (χ4n) is 4.80. The van der Waals surface area contributed by atoms with Crippen molar-refractivity contribution in [3.8, 4) is 0 Å². The van der Waals surface area contributed by atoms with Crippen LogP contribution in [0, 0.1) is 18.2 Å². The molecule has 3 aliphatic rings. The van der Waals surface area contributed by atoms with Gasteiger partial charge < -0.3 is 26.0 Å². The molecule has 5 N–H and O–H groups in total. The molecule has 7 nitrogen and oxygen atoms in total. The number of aryl methyl sites for hydroxylation is 1. The SMILES string of the molecule is Cc1c(N2CC(N)C3(CC3)C2)c(F)c(N)c2c(=O)c(C(=O)O)cn(C3CC3)c12. The minimum atomic E-state index is -1.33. The number of hydrogen-bond acceptors (Lipinski definition) is 5.